The lowest BCUT2D eigenvalue weighted by molar-refractivity contribution is -0.274. The number of alkyl halides is 3. The van der Waals surface area contributed by atoms with Gasteiger partial charge in [-0.2, -0.15) is 0 Å². The topological polar surface area (TPSA) is 24.5 Å². The second-order valence-electron chi connectivity index (χ2n) is 5.44. The van der Waals surface area contributed by atoms with Gasteiger partial charge in [0.1, 0.15) is 11.6 Å². The Morgan fingerprint density at radius 3 is 2.38 bits per heavy atom. The number of hydrogen-bond acceptors (Lipinski definition) is 4. The molecule has 26 heavy (non-hydrogen) atoms. The summed E-state index contributed by atoms with van der Waals surface area (Å²) in [6.45, 7) is 2.88. The molecule has 0 unspecified atom stereocenters. The van der Waals surface area contributed by atoms with E-state index in [1.54, 1.807) is 0 Å². The summed E-state index contributed by atoms with van der Waals surface area (Å²) in [5, 5.41) is 5.09. The van der Waals surface area contributed by atoms with Crippen LogP contribution in [0, 0.1) is 5.82 Å². The molecule has 1 aromatic heterocycles. The maximum atomic E-state index is 14.4. The molecule has 1 aliphatic heterocycles. The molecule has 1 N–H and O–H groups in total. The number of thiophene rings is 1. The van der Waals surface area contributed by atoms with Crippen molar-refractivity contribution >= 4 is 36.2 Å². The summed E-state index contributed by atoms with van der Waals surface area (Å²) in [5.41, 5.74) is 0.195. The van der Waals surface area contributed by atoms with E-state index in [2.05, 4.69) is 15.0 Å². The van der Waals surface area contributed by atoms with Crippen LogP contribution in [0.4, 0.5) is 17.6 Å². The fourth-order valence-corrected chi connectivity index (χ4v) is 3.72. The van der Waals surface area contributed by atoms with E-state index in [1.807, 2.05) is 17.5 Å². The number of nitrogens with one attached hydrogen (secondary N) is 1. The van der Waals surface area contributed by atoms with Gasteiger partial charge >= 0.3 is 6.36 Å². The van der Waals surface area contributed by atoms with Crippen molar-refractivity contribution in [3.63, 3.8) is 0 Å². The van der Waals surface area contributed by atoms with Gasteiger partial charge in [-0.05, 0) is 29.6 Å². The third-order valence-electron chi connectivity index (χ3n) is 3.83. The van der Waals surface area contributed by atoms with Crippen LogP contribution < -0.4 is 10.1 Å². The van der Waals surface area contributed by atoms with Crippen LogP contribution in [-0.4, -0.2) is 37.4 Å². The number of halogens is 6. The average molecular weight is 433 g/mol. The largest absolute Gasteiger partial charge is 0.573 e. The Balaban J connectivity index is 0.00000169. The van der Waals surface area contributed by atoms with Gasteiger partial charge in [-0.25, -0.2) is 4.39 Å². The molecule has 1 atom stereocenters. The maximum Gasteiger partial charge on any atom is 0.573 e. The predicted octanol–water partition coefficient (Wildman–Crippen LogP) is 4.62. The van der Waals surface area contributed by atoms with Gasteiger partial charge < -0.3 is 10.1 Å². The number of nitrogens with zero attached hydrogens (tertiary/aromatic N) is 1. The maximum absolute atomic E-state index is 14.4. The molecule has 3 nitrogen and oxygen atoms in total. The Labute approximate surface area is 165 Å². The molecule has 1 fully saturated rings. The standard InChI is InChI=1S/C16H16F4N2OS.2ClH/c17-13-4-3-11(23-16(18,19)20)10-12(13)15(14-2-1-9-24-14)22-7-5-21-6-8-22;;/h1-4,9-10,15,21H,5-8H2;2*1H/t15-;;/m0../s1. The third-order valence-corrected chi connectivity index (χ3v) is 4.75. The molecule has 146 valence electrons. The minimum atomic E-state index is -4.80. The van der Waals surface area contributed by atoms with Crippen molar-refractivity contribution in [3.05, 3.63) is 52.0 Å². The Bertz CT molecular complexity index is 679. The van der Waals surface area contributed by atoms with Gasteiger partial charge in [-0.3, -0.25) is 4.90 Å². The first-order valence-corrected chi connectivity index (χ1v) is 8.35. The van der Waals surface area contributed by atoms with E-state index < -0.39 is 24.0 Å². The first kappa shape index (κ1) is 23.0. The summed E-state index contributed by atoms with van der Waals surface area (Å²) in [4.78, 5) is 2.96. The van der Waals surface area contributed by atoms with Crippen molar-refractivity contribution in [3.8, 4) is 5.75 Å². The lowest BCUT2D eigenvalue weighted by Gasteiger charge is -2.35. The van der Waals surface area contributed by atoms with Crippen molar-refractivity contribution in [2.75, 3.05) is 26.2 Å². The van der Waals surface area contributed by atoms with Crippen LogP contribution in [0.5, 0.6) is 5.75 Å². The third kappa shape index (κ3) is 5.72. The zero-order valence-corrected chi connectivity index (χ0v) is 15.9. The highest BCUT2D eigenvalue weighted by molar-refractivity contribution is 7.10. The van der Waals surface area contributed by atoms with Gasteiger partial charge in [-0.15, -0.1) is 49.3 Å². The molecule has 2 aromatic rings. The number of benzene rings is 1. The Morgan fingerprint density at radius 1 is 1.12 bits per heavy atom. The van der Waals surface area contributed by atoms with Crippen LogP contribution in [-0.2, 0) is 0 Å². The average Bonchev–Trinajstić information content (AvgIpc) is 3.04. The lowest BCUT2D eigenvalue weighted by Crippen LogP contribution is -2.45. The molecular weight excluding hydrogens is 415 g/mol. The van der Waals surface area contributed by atoms with Gasteiger partial charge in [0.25, 0.3) is 0 Å². The fourth-order valence-electron chi connectivity index (χ4n) is 2.85. The molecule has 1 aromatic carbocycles. The summed E-state index contributed by atoms with van der Waals surface area (Å²) in [7, 11) is 0. The van der Waals surface area contributed by atoms with Crippen LogP contribution >= 0.6 is 36.2 Å². The van der Waals surface area contributed by atoms with E-state index in [1.165, 1.54) is 11.3 Å². The summed E-state index contributed by atoms with van der Waals surface area (Å²) >= 11 is 1.46. The summed E-state index contributed by atoms with van der Waals surface area (Å²) in [5.74, 6) is -0.947. The molecule has 0 aliphatic carbocycles. The number of hydrogen-bond donors (Lipinski definition) is 1. The van der Waals surface area contributed by atoms with Gasteiger partial charge in [0, 0.05) is 36.6 Å². The van der Waals surface area contributed by atoms with Crippen LogP contribution in [0.15, 0.2) is 35.7 Å². The second-order valence-corrected chi connectivity index (χ2v) is 6.41. The SMILES string of the molecule is Cl.Cl.Fc1ccc(OC(F)(F)F)cc1[C@@H](c1cccs1)N1CCNCC1. The minimum absolute atomic E-state index is 0. The van der Waals surface area contributed by atoms with Crippen LogP contribution in [0.1, 0.15) is 16.5 Å². The first-order chi connectivity index (χ1) is 11.4. The van der Waals surface area contributed by atoms with E-state index in [-0.39, 0.29) is 30.4 Å². The van der Waals surface area contributed by atoms with Crippen molar-refractivity contribution in [2.24, 2.45) is 0 Å². The summed E-state index contributed by atoms with van der Waals surface area (Å²) in [6.07, 6.45) is -4.80. The Kier molecular flexibility index (Phi) is 8.62. The second kappa shape index (κ2) is 9.75. The van der Waals surface area contributed by atoms with Crippen molar-refractivity contribution in [2.45, 2.75) is 12.4 Å². The lowest BCUT2D eigenvalue weighted by atomic mass is 10.0. The molecule has 2 heterocycles. The molecule has 0 radical (unpaired) electrons. The van der Waals surface area contributed by atoms with Gasteiger partial charge in [0.15, 0.2) is 0 Å². The number of piperazine rings is 1. The van der Waals surface area contributed by atoms with Crippen molar-refractivity contribution < 1.29 is 22.3 Å². The smallest absolute Gasteiger partial charge is 0.406 e. The zero-order chi connectivity index (χ0) is 17.2. The molecule has 0 saturated carbocycles. The molecule has 0 spiro atoms. The molecule has 10 heteroatoms. The molecule has 0 amide bonds. The van der Waals surface area contributed by atoms with Gasteiger partial charge in [-0.1, -0.05) is 6.07 Å². The van der Waals surface area contributed by atoms with Gasteiger partial charge in [0.2, 0.25) is 0 Å². The highest BCUT2D eigenvalue weighted by Crippen LogP contribution is 2.36. The normalized spacial score (nSPS) is 16.3. The quantitative estimate of drug-likeness (QED) is 0.713. The van der Waals surface area contributed by atoms with E-state index in [0.717, 1.165) is 36.2 Å². The van der Waals surface area contributed by atoms with E-state index in [9.17, 15) is 17.6 Å². The molecule has 0 bridgehead atoms. The fraction of sp³-hybridized carbons (Fsp3) is 0.375. The van der Waals surface area contributed by atoms with Gasteiger partial charge in [0.05, 0.1) is 6.04 Å². The highest BCUT2D eigenvalue weighted by atomic mass is 35.5. The van der Waals surface area contributed by atoms with Crippen molar-refractivity contribution in [1.82, 2.24) is 10.2 Å². The predicted molar refractivity (Wildman–Crippen MR) is 98.2 cm³/mol. The Morgan fingerprint density at radius 2 is 1.81 bits per heavy atom. The Hall–Kier alpha value is -1.06. The minimum Gasteiger partial charge on any atom is -0.406 e. The van der Waals surface area contributed by atoms with E-state index >= 15 is 0 Å². The van der Waals surface area contributed by atoms with Crippen LogP contribution in [0.3, 0.4) is 0 Å². The zero-order valence-electron chi connectivity index (χ0n) is 13.5. The number of ether oxygens (including phenoxy) is 1. The van der Waals surface area contributed by atoms with E-state index in [0.29, 0.717) is 13.1 Å². The molecular formula is C16H18Cl2F4N2OS. The molecule has 1 saturated heterocycles. The molecule has 3 rings (SSSR count). The summed E-state index contributed by atoms with van der Waals surface area (Å²) in [6, 6.07) is 6.46. The monoisotopic (exact) mass is 432 g/mol. The molecule has 1 aliphatic rings. The van der Waals surface area contributed by atoms with Crippen LogP contribution in [0.2, 0.25) is 0 Å². The highest BCUT2D eigenvalue weighted by Gasteiger charge is 2.33. The van der Waals surface area contributed by atoms with E-state index in [4.69, 9.17) is 0 Å². The van der Waals surface area contributed by atoms with Crippen molar-refractivity contribution in [1.29, 1.82) is 0 Å². The summed E-state index contributed by atoms with van der Waals surface area (Å²) < 4.78 is 55.8. The number of rotatable bonds is 4. The first-order valence-electron chi connectivity index (χ1n) is 7.47. The van der Waals surface area contributed by atoms with Crippen LogP contribution in [0.25, 0.3) is 0 Å².